The van der Waals surface area contributed by atoms with Gasteiger partial charge in [0.25, 0.3) is 0 Å². The Balaban J connectivity index is 2.15. The maximum atomic E-state index is 12.7. The van der Waals surface area contributed by atoms with Crippen molar-refractivity contribution in [2.75, 3.05) is 0 Å². The Kier molecular flexibility index (Phi) is 6.44. The van der Waals surface area contributed by atoms with Crippen molar-refractivity contribution in [2.45, 2.75) is 24.6 Å². The summed E-state index contributed by atoms with van der Waals surface area (Å²) >= 11 is 4.42. The van der Waals surface area contributed by atoms with Crippen LogP contribution in [0, 0.1) is 5.92 Å². The highest BCUT2D eigenvalue weighted by atomic mass is 32.1. The molecule has 2 unspecified atom stereocenters. The van der Waals surface area contributed by atoms with Crippen LogP contribution in [0.4, 0.5) is 0 Å². The molecule has 1 amide bonds. The normalized spacial score (nSPS) is 14.4. The lowest BCUT2D eigenvalue weighted by atomic mass is 9.94. The van der Waals surface area contributed by atoms with Crippen molar-refractivity contribution in [3.05, 3.63) is 71.8 Å². The molecule has 24 heavy (non-hydrogen) atoms. The van der Waals surface area contributed by atoms with Crippen molar-refractivity contribution in [2.24, 2.45) is 5.92 Å². The molecule has 2 N–H and O–H groups in total. The molecule has 0 saturated heterocycles. The molecule has 0 fully saturated rings. The minimum Gasteiger partial charge on any atom is -0.479 e. The van der Waals surface area contributed by atoms with Crippen molar-refractivity contribution >= 4 is 24.5 Å². The van der Waals surface area contributed by atoms with Crippen molar-refractivity contribution in [3.63, 3.8) is 0 Å². The second-order valence-corrected chi connectivity index (χ2v) is 6.54. The molecule has 0 aliphatic heterocycles. The molecule has 0 spiro atoms. The summed E-state index contributed by atoms with van der Waals surface area (Å²) in [5, 5.41) is 11.9. The maximum absolute atomic E-state index is 12.7. The van der Waals surface area contributed by atoms with Crippen LogP contribution in [-0.2, 0) is 16.0 Å². The number of nitrogens with one attached hydrogen (secondary N) is 1. The molecule has 0 heterocycles. The van der Waals surface area contributed by atoms with Crippen molar-refractivity contribution < 1.29 is 14.7 Å². The third kappa shape index (κ3) is 4.86. The molecule has 0 aliphatic rings. The number of carboxylic acids is 1. The van der Waals surface area contributed by atoms with E-state index in [0.717, 1.165) is 5.56 Å². The van der Waals surface area contributed by atoms with Crippen LogP contribution in [0.5, 0.6) is 0 Å². The number of hydrogen-bond acceptors (Lipinski definition) is 3. The van der Waals surface area contributed by atoms with Crippen molar-refractivity contribution in [1.29, 1.82) is 0 Å². The average Bonchev–Trinajstić information content (AvgIpc) is 2.58. The largest absolute Gasteiger partial charge is 0.479 e. The molecule has 5 heteroatoms. The standard InChI is InChI=1S/C19H21NO3S/c1-13(24)16(12-14-8-4-2-5-9-14)18(21)20-17(19(22)23)15-10-6-3-7-11-15/h2-11,13,16-17,24H,12H2,1H3,(H,20,21)(H,22,23)/t13?,16?,17-/m1/s1. The van der Waals surface area contributed by atoms with Crippen molar-refractivity contribution in [1.82, 2.24) is 5.32 Å². The van der Waals surface area contributed by atoms with E-state index >= 15 is 0 Å². The van der Waals surface area contributed by atoms with Gasteiger partial charge >= 0.3 is 5.97 Å². The number of aliphatic carboxylic acids is 1. The van der Waals surface area contributed by atoms with Gasteiger partial charge in [0.2, 0.25) is 5.91 Å². The Hall–Kier alpha value is -2.27. The Labute approximate surface area is 147 Å². The van der Waals surface area contributed by atoms with Crippen molar-refractivity contribution in [3.8, 4) is 0 Å². The monoisotopic (exact) mass is 343 g/mol. The van der Waals surface area contributed by atoms with Crippen LogP contribution in [0.3, 0.4) is 0 Å². The average molecular weight is 343 g/mol. The summed E-state index contributed by atoms with van der Waals surface area (Å²) in [5.41, 5.74) is 1.56. The number of amides is 1. The van der Waals surface area contributed by atoms with Gasteiger partial charge in [0.1, 0.15) is 0 Å². The predicted octanol–water partition coefficient (Wildman–Crippen LogP) is 3.11. The van der Waals surface area contributed by atoms with E-state index in [1.807, 2.05) is 37.3 Å². The van der Waals surface area contributed by atoms with Crippen LogP contribution in [-0.4, -0.2) is 22.2 Å². The summed E-state index contributed by atoms with van der Waals surface area (Å²) in [5.74, 6) is -1.81. The molecule has 4 nitrogen and oxygen atoms in total. The van der Waals surface area contributed by atoms with Crippen LogP contribution >= 0.6 is 12.6 Å². The highest BCUT2D eigenvalue weighted by molar-refractivity contribution is 7.81. The van der Waals surface area contributed by atoms with E-state index in [2.05, 4.69) is 17.9 Å². The molecule has 0 aromatic heterocycles. The SMILES string of the molecule is CC(S)C(Cc1ccccc1)C(=O)N[C@@H](C(=O)O)c1ccccc1. The lowest BCUT2D eigenvalue weighted by Gasteiger charge is -2.23. The van der Waals surface area contributed by atoms with Gasteiger partial charge in [-0.05, 0) is 17.5 Å². The first-order valence-electron chi connectivity index (χ1n) is 7.79. The summed E-state index contributed by atoms with van der Waals surface area (Å²) in [6, 6.07) is 17.3. The fourth-order valence-electron chi connectivity index (χ4n) is 2.53. The van der Waals surface area contributed by atoms with Crippen LogP contribution in [0.1, 0.15) is 24.1 Å². The zero-order chi connectivity index (χ0) is 17.5. The first kappa shape index (κ1) is 18.1. The van der Waals surface area contributed by atoms with Gasteiger partial charge < -0.3 is 10.4 Å². The summed E-state index contributed by atoms with van der Waals surface area (Å²) in [6.07, 6.45) is 0.512. The summed E-state index contributed by atoms with van der Waals surface area (Å²) in [4.78, 5) is 24.2. The minimum atomic E-state index is -1.08. The Morgan fingerprint density at radius 3 is 2.08 bits per heavy atom. The van der Waals surface area contributed by atoms with Gasteiger partial charge in [0.05, 0.1) is 5.92 Å². The van der Waals surface area contributed by atoms with Crippen LogP contribution < -0.4 is 5.32 Å². The number of hydrogen-bond donors (Lipinski definition) is 3. The zero-order valence-corrected chi connectivity index (χ0v) is 14.3. The van der Waals surface area contributed by atoms with E-state index < -0.39 is 17.9 Å². The van der Waals surface area contributed by atoms with E-state index in [9.17, 15) is 14.7 Å². The smallest absolute Gasteiger partial charge is 0.330 e. The van der Waals surface area contributed by atoms with Gasteiger partial charge in [-0.2, -0.15) is 12.6 Å². The highest BCUT2D eigenvalue weighted by Gasteiger charge is 2.28. The molecule has 2 rings (SSSR count). The van der Waals surface area contributed by atoms with E-state index in [-0.39, 0.29) is 11.2 Å². The fraction of sp³-hybridized carbons (Fsp3) is 0.263. The zero-order valence-electron chi connectivity index (χ0n) is 13.4. The Morgan fingerprint density at radius 1 is 1.04 bits per heavy atom. The van der Waals surface area contributed by atoms with Crippen LogP contribution in [0.2, 0.25) is 0 Å². The number of thiol groups is 1. The lowest BCUT2D eigenvalue weighted by Crippen LogP contribution is -2.41. The molecule has 2 aromatic carbocycles. The molecule has 2 aromatic rings. The van der Waals surface area contributed by atoms with Gasteiger partial charge in [-0.15, -0.1) is 0 Å². The van der Waals surface area contributed by atoms with Gasteiger partial charge in [0.15, 0.2) is 6.04 Å². The molecular formula is C19H21NO3S. The summed E-state index contributed by atoms with van der Waals surface area (Å²) < 4.78 is 0. The van der Waals surface area contributed by atoms with Gasteiger partial charge in [-0.3, -0.25) is 4.79 Å². The third-order valence-corrected chi connectivity index (χ3v) is 4.24. The number of benzene rings is 2. The van der Waals surface area contributed by atoms with Gasteiger partial charge in [0, 0.05) is 5.25 Å². The Bertz CT molecular complexity index is 674. The van der Waals surface area contributed by atoms with E-state index in [4.69, 9.17) is 0 Å². The Morgan fingerprint density at radius 2 is 1.58 bits per heavy atom. The van der Waals surface area contributed by atoms with Crippen LogP contribution in [0.25, 0.3) is 0 Å². The molecule has 0 bridgehead atoms. The molecule has 3 atom stereocenters. The quantitative estimate of drug-likeness (QED) is 0.677. The first-order chi connectivity index (χ1) is 11.5. The molecule has 0 saturated carbocycles. The molecule has 126 valence electrons. The first-order valence-corrected chi connectivity index (χ1v) is 8.31. The number of rotatable bonds is 7. The predicted molar refractivity (Wildman–Crippen MR) is 97.0 cm³/mol. The topological polar surface area (TPSA) is 66.4 Å². The molecule has 0 radical (unpaired) electrons. The van der Waals surface area contributed by atoms with Gasteiger partial charge in [-0.1, -0.05) is 67.6 Å². The second kappa shape index (κ2) is 8.55. The number of carbonyl (C=O) groups is 2. The van der Waals surface area contributed by atoms with Gasteiger partial charge in [-0.25, -0.2) is 4.79 Å². The molecule has 0 aliphatic carbocycles. The fourth-order valence-corrected chi connectivity index (χ4v) is 2.77. The number of carboxylic acid groups (broad SMARTS) is 1. The summed E-state index contributed by atoms with van der Waals surface area (Å²) in [7, 11) is 0. The van der Waals surface area contributed by atoms with E-state index in [1.54, 1.807) is 30.3 Å². The lowest BCUT2D eigenvalue weighted by molar-refractivity contribution is -0.142. The van der Waals surface area contributed by atoms with Crippen LogP contribution in [0.15, 0.2) is 60.7 Å². The molecular weight excluding hydrogens is 322 g/mol. The summed E-state index contributed by atoms with van der Waals surface area (Å²) in [6.45, 7) is 1.84. The minimum absolute atomic E-state index is 0.199. The third-order valence-electron chi connectivity index (χ3n) is 3.88. The van der Waals surface area contributed by atoms with E-state index in [0.29, 0.717) is 12.0 Å². The van der Waals surface area contributed by atoms with E-state index in [1.165, 1.54) is 0 Å². The maximum Gasteiger partial charge on any atom is 0.330 e. The number of carbonyl (C=O) groups excluding carboxylic acids is 1. The second-order valence-electron chi connectivity index (χ2n) is 5.73. The highest BCUT2D eigenvalue weighted by Crippen LogP contribution is 2.20.